The van der Waals surface area contributed by atoms with E-state index in [-0.39, 0.29) is 0 Å². The summed E-state index contributed by atoms with van der Waals surface area (Å²) >= 11 is 0. The van der Waals surface area contributed by atoms with Crippen LogP contribution in [0.5, 0.6) is 0 Å². The minimum atomic E-state index is 0.401. The minimum absolute atomic E-state index is 0.401. The lowest BCUT2D eigenvalue weighted by molar-refractivity contribution is 0.110. The van der Waals surface area contributed by atoms with Crippen molar-refractivity contribution in [2.75, 3.05) is 13.2 Å². The molecule has 0 radical (unpaired) electrons. The molecule has 1 aliphatic rings. The van der Waals surface area contributed by atoms with E-state index in [1.54, 1.807) is 0 Å². The van der Waals surface area contributed by atoms with Crippen LogP contribution in [-0.4, -0.2) is 23.8 Å². The van der Waals surface area contributed by atoms with Crippen LogP contribution < -0.4 is 5.32 Å². The van der Waals surface area contributed by atoms with Gasteiger partial charge in [0.1, 0.15) is 0 Å². The molecule has 0 amide bonds. The van der Waals surface area contributed by atoms with Crippen LogP contribution in [0.15, 0.2) is 42.6 Å². The third kappa shape index (κ3) is 3.11. The predicted octanol–water partition coefficient (Wildman–Crippen LogP) is 3.05. The summed E-state index contributed by atoms with van der Waals surface area (Å²) in [6.07, 6.45) is 4.91. The lowest BCUT2D eigenvalue weighted by atomic mass is 10.2. The highest BCUT2D eigenvalue weighted by Gasteiger charge is 2.14. The maximum Gasteiger partial charge on any atom is 0.0700 e. The molecule has 3 heteroatoms. The van der Waals surface area contributed by atoms with E-state index in [0.717, 1.165) is 19.7 Å². The zero-order chi connectivity index (χ0) is 13.8. The summed E-state index contributed by atoms with van der Waals surface area (Å²) in [4.78, 5) is 0. The molecular formula is C17H22N2O. The topological polar surface area (TPSA) is 26.2 Å². The normalized spacial score (nSPS) is 18.6. The maximum atomic E-state index is 5.63. The first-order valence-corrected chi connectivity index (χ1v) is 7.38. The van der Waals surface area contributed by atoms with Crippen molar-refractivity contribution in [3.8, 4) is 5.69 Å². The molecule has 1 N–H and O–H groups in total. The maximum absolute atomic E-state index is 5.63. The number of hydrogen-bond acceptors (Lipinski definition) is 2. The summed E-state index contributed by atoms with van der Waals surface area (Å²) < 4.78 is 7.87. The number of hydrogen-bond donors (Lipinski definition) is 1. The van der Waals surface area contributed by atoms with Crippen LogP contribution in [-0.2, 0) is 11.3 Å². The summed E-state index contributed by atoms with van der Waals surface area (Å²) in [6.45, 7) is 4.86. The van der Waals surface area contributed by atoms with Gasteiger partial charge >= 0.3 is 0 Å². The van der Waals surface area contributed by atoms with E-state index in [2.05, 4.69) is 59.4 Å². The van der Waals surface area contributed by atoms with Crippen molar-refractivity contribution in [2.24, 2.45) is 0 Å². The second-order valence-electron chi connectivity index (χ2n) is 5.47. The number of nitrogens with one attached hydrogen (secondary N) is 1. The fraction of sp³-hybridized carbons (Fsp3) is 0.412. The summed E-state index contributed by atoms with van der Waals surface area (Å²) in [7, 11) is 0. The van der Waals surface area contributed by atoms with E-state index in [0.29, 0.717) is 6.10 Å². The van der Waals surface area contributed by atoms with E-state index in [1.165, 1.54) is 29.8 Å². The van der Waals surface area contributed by atoms with Crippen molar-refractivity contribution in [3.63, 3.8) is 0 Å². The molecule has 1 aromatic carbocycles. The summed E-state index contributed by atoms with van der Waals surface area (Å²) in [6, 6.07) is 12.9. The molecule has 1 atom stereocenters. The number of aromatic nitrogens is 1. The van der Waals surface area contributed by atoms with E-state index >= 15 is 0 Å². The average Bonchev–Trinajstić information content (AvgIpc) is 3.11. The van der Waals surface area contributed by atoms with E-state index in [1.807, 2.05) is 0 Å². The van der Waals surface area contributed by atoms with Crippen LogP contribution in [0.25, 0.3) is 5.69 Å². The van der Waals surface area contributed by atoms with Gasteiger partial charge in [-0.15, -0.1) is 0 Å². The lowest BCUT2D eigenvalue weighted by Crippen LogP contribution is -2.26. The Morgan fingerprint density at radius 1 is 1.25 bits per heavy atom. The highest BCUT2D eigenvalue weighted by Crippen LogP contribution is 2.14. The minimum Gasteiger partial charge on any atom is -0.377 e. The molecule has 2 heterocycles. The Morgan fingerprint density at radius 3 is 2.85 bits per heavy atom. The fourth-order valence-electron chi connectivity index (χ4n) is 2.68. The van der Waals surface area contributed by atoms with Crippen LogP contribution >= 0.6 is 0 Å². The van der Waals surface area contributed by atoms with Gasteiger partial charge in [0.2, 0.25) is 0 Å². The molecule has 0 bridgehead atoms. The largest absolute Gasteiger partial charge is 0.377 e. The molecule has 0 aliphatic carbocycles. The molecule has 0 spiro atoms. The van der Waals surface area contributed by atoms with Crippen molar-refractivity contribution < 1.29 is 4.74 Å². The van der Waals surface area contributed by atoms with Crippen LogP contribution in [0.2, 0.25) is 0 Å². The van der Waals surface area contributed by atoms with Crippen LogP contribution in [0, 0.1) is 6.92 Å². The molecule has 0 saturated carbocycles. The molecule has 3 rings (SSSR count). The quantitative estimate of drug-likeness (QED) is 0.903. The van der Waals surface area contributed by atoms with Crippen molar-refractivity contribution in [1.82, 2.24) is 9.88 Å². The first-order chi connectivity index (χ1) is 9.83. The fourth-order valence-corrected chi connectivity index (χ4v) is 2.68. The van der Waals surface area contributed by atoms with Crippen molar-refractivity contribution >= 4 is 0 Å². The molecule has 106 valence electrons. The third-order valence-corrected chi connectivity index (χ3v) is 3.85. The Bertz CT molecular complexity index is 538. The smallest absolute Gasteiger partial charge is 0.0700 e. The second-order valence-corrected chi connectivity index (χ2v) is 5.47. The number of aryl methyl sites for hydroxylation is 1. The van der Waals surface area contributed by atoms with Gasteiger partial charge in [-0.3, -0.25) is 0 Å². The van der Waals surface area contributed by atoms with Gasteiger partial charge in [0.25, 0.3) is 0 Å². The average molecular weight is 270 g/mol. The van der Waals surface area contributed by atoms with Gasteiger partial charge in [-0.05, 0) is 44.0 Å². The zero-order valence-corrected chi connectivity index (χ0v) is 12.0. The summed E-state index contributed by atoms with van der Waals surface area (Å²) in [5.74, 6) is 0. The molecule has 1 aromatic heterocycles. The number of benzene rings is 1. The number of ether oxygens (including phenoxy) is 1. The number of nitrogens with zero attached hydrogens (tertiary/aromatic N) is 1. The molecular weight excluding hydrogens is 248 g/mol. The van der Waals surface area contributed by atoms with Crippen molar-refractivity contribution in [2.45, 2.75) is 32.4 Å². The molecule has 1 saturated heterocycles. The Kier molecular flexibility index (Phi) is 4.19. The molecule has 1 unspecified atom stereocenters. The van der Waals surface area contributed by atoms with Gasteiger partial charge in [-0.1, -0.05) is 17.7 Å². The Labute approximate surface area is 120 Å². The molecule has 20 heavy (non-hydrogen) atoms. The van der Waals surface area contributed by atoms with Gasteiger partial charge < -0.3 is 14.6 Å². The van der Waals surface area contributed by atoms with Gasteiger partial charge in [0, 0.05) is 37.3 Å². The SMILES string of the molecule is Cc1ccc(-n2cccc2CNCC2CCCO2)cc1. The highest BCUT2D eigenvalue weighted by molar-refractivity contribution is 5.37. The second kappa shape index (κ2) is 6.25. The third-order valence-electron chi connectivity index (χ3n) is 3.85. The van der Waals surface area contributed by atoms with E-state index in [4.69, 9.17) is 4.74 Å². The Morgan fingerprint density at radius 2 is 2.10 bits per heavy atom. The standard InChI is InChI=1S/C17H22N2O/c1-14-6-8-15(9-7-14)19-10-2-4-16(19)12-18-13-17-5-3-11-20-17/h2,4,6-10,17-18H,3,5,11-13H2,1H3. The summed E-state index contributed by atoms with van der Waals surface area (Å²) in [5, 5.41) is 3.51. The number of rotatable bonds is 5. The van der Waals surface area contributed by atoms with E-state index in [9.17, 15) is 0 Å². The van der Waals surface area contributed by atoms with Crippen molar-refractivity contribution in [1.29, 1.82) is 0 Å². The van der Waals surface area contributed by atoms with Gasteiger partial charge in [-0.2, -0.15) is 0 Å². The van der Waals surface area contributed by atoms with Gasteiger partial charge in [-0.25, -0.2) is 0 Å². The van der Waals surface area contributed by atoms with Crippen LogP contribution in [0.3, 0.4) is 0 Å². The first kappa shape index (κ1) is 13.4. The Hall–Kier alpha value is -1.58. The summed E-state index contributed by atoms with van der Waals surface area (Å²) in [5.41, 5.74) is 3.79. The van der Waals surface area contributed by atoms with Crippen molar-refractivity contribution in [3.05, 3.63) is 53.9 Å². The monoisotopic (exact) mass is 270 g/mol. The van der Waals surface area contributed by atoms with E-state index < -0.39 is 0 Å². The zero-order valence-electron chi connectivity index (χ0n) is 12.0. The molecule has 3 nitrogen and oxygen atoms in total. The highest BCUT2D eigenvalue weighted by atomic mass is 16.5. The molecule has 2 aromatic rings. The predicted molar refractivity (Wildman–Crippen MR) is 81.2 cm³/mol. The van der Waals surface area contributed by atoms with Gasteiger partial charge in [0.05, 0.1) is 6.10 Å². The Balaban J connectivity index is 1.62. The van der Waals surface area contributed by atoms with Gasteiger partial charge in [0.15, 0.2) is 0 Å². The lowest BCUT2D eigenvalue weighted by Gasteiger charge is -2.13. The first-order valence-electron chi connectivity index (χ1n) is 7.38. The molecule has 1 aliphatic heterocycles. The van der Waals surface area contributed by atoms with Crippen LogP contribution in [0.1, 0.15) is 24.1 Å². The molecule has 1 fully saturated rings. The van der Waals surface area contributed by atoms with Crippen LogP contribution in [0.4, 0.5) is 0 Å².